The van der Waals surface area contributed by atoms with E-state index in [0.717, 1.165) is 12.3 Å². The zero-order valence-electron chi connectivity index (χ0n) is 9.61. The van der Waals surface area contributed by atoms with Crippen LogP contribution in [0.1, 0.15) is 18.5 Å². The second kappa shape index (κ2) is 5.65. The van der Waals surface area contributed by atoms with Crippen LogP contribution in [0.3, 0.4) is 0 Å². The zero-order chi connectivity index (χ0) is 13.8. The van der Waals surface area contributed by atoms with E-state index in [-0.39, 0.29) is 18.9 Å². The van der Waals surface area contributed by atoms with Crippen molar-refractivity contribution in [1.82, 2.24) is 9.97 Å². The predicted octanol–water partition coefficient (Wildman–Crippen LogP) is 1.80. The molecule has 100 valence electrons. The normalized spacial score (nSPS) is 11.3. The fourth-order valence-corrected chi connectivity index (χ4v) is 1.26. The van der Waals surface area contributed by atoms with Gasteiger partial charge in [-0.3, -0.25) is 4.79 Å². The molecular weight excluding hydrogens is 251 g/mol. The van der Waals surface area contributed by atoms with Crippen LogP contribution >= 0.6 is 0 Å². The number of halogens is 3. The Labute approximate surface area is 101 Å². The van der Waals surface area contributed by atoms with Gasteiger partial charge in [0.15, 0.2) is 0 Å². The molecule has 1 N–H and O–H groups in total. The Morgan fingerprint density at radius 3 is 2.72 bits per heavy atom. The Kier molecular flexibility index (Phi) is 4.46. The third-order valence-electron chi connectivity index (χ3n) is 2.16. The maximum Gasteiger partial charge on any atom is 0.433 e. The Morgan fingerprint density at radius 2 is 2.17 bits per heavy atom. The highest BCUT2D eigenvalue weighted by molar-refractivity contribution is 5.66. The van der Waals surface area contributed by atoms with Gasteiger partial charge in [-0.15, -0.1) is 0 Å². The third kappa shape index (κ3) is 4.19. The van der Waals surface area contributed by atoms with Crippen LogP contribution in [0.25, 0.3) is 0 Å². The minimum Gasteiger partial charge on any atom is -0.481 e. The first-order valence-electron chi connectivity index (χ1n) is 5.14. The number of nitrogens with zero attached hydrogens (tertiary/aromatic N) is 3. The van der Waals surface area contributed by atoms with Crippen molar-refractivity contribution >= 4 is 11.9 Å². The Balaban J connectivity index is 2.68. The molecule has 1 aromatic heterocycles. The molecule has 8 heteroatoms. The Morgan fingerprint density at radius 1 is 1.50 bits per heavy atom. The lowest BCUT2D eigenvalue weighted by atomic mass is 10.3. The number of aliphatic carboxylic acids is 1. The molecular formula is C10H12F3N3O2. The van der Waals surface area contributed by atoms with E-state index in [9.17, 15) is 18.0 Å². The minimum absolute atomic E-state index is 0.0523. The van der Waals surface area contributed by atoms with Crippen molar-refractivity contribution in [3.05, 3.63) is 18.0 Å². The summed E-state index contributed by atoms with van der Waals surface area (Å²) in [6, 6.07) is 0.786. The number of alkyl halides is 3. The number of aromatic nitrogens is 2. The molecule has 0 unspecified atom stereocenters. The first-order valence-corrected chi connectivity index (χ1v) is 5.14. The van der Waals surface area contributed by atoms with Crippen LogP contribution in [0, 0.1) is 0 Å². The van der Waals surface area contributed by atoms with Crippen LogP contribution in [0.4, 0.5) is 19.1 Å². The van der Waals surface area contributed by atoms with Gasteiger partial charge in [-0.25, -0.2) is 9.97 Å². The number of anilines is 1. The van der Waals surface area contributed by atoms with Gasteiger partial charge in [-0.05, 0) is 12.5 Å². The van der Waals surface area contributed by atoms with E-state index in [1.54, 1.807) is 0 Å². The van der Waals surface area contributed by atoms with E-state index in [1.165, 1.54) is 11.9 Å². The van der Waals surface area contributed by atoms with Crippen LogP contribution in [-0.2, 0) is 11.0 Å². The predicted molar refractivity (Wildman–Crippen MR) is 57.2 cm³/mol. The fourth-order valence-electron chi connectivity index (χ4n) is 1.26. The lowest BCUT2D eigenvalue weighted by Gasteiger charge is -2.17. The van der Waals surface area contributed by atoms with Crippen LogP contribution in [-0.4, -0.2) is 34.6 Å². The summed E-state index contributed by atoms with van der Waals surface area (Å²) < 4.78 is 37.2. The number of carboxylic acids is 1. The van der Waals surface area contributed by atoms with E-state index < -0.39 is 17.8 Å². The lowest BCUT2D eigenvalue weighted by molar-refractivity contribution is -0.141. The summed E-state index contributed by atoms with van der Waals surface area (Å²) in [5, 5.41) is 8.45. The van der Waals surface area contributed by atoms with Gasteiger partial charge in [-0.2, -0.15) is 13.2 Å². The molecule has 0 aromatic carbocycles. The second-order valence-corrected chi connectivity index (χ2v) is 3.66. The fraction of sp³-hybridized carbons (Fsp3) is 0.500. The van der Waals surface area contributed by atoms with E-state index in [2.05, 4.69) is 9.97 Å². The highest BCUT2D eigenvalue weighted by Crippen LogP contribution is 2.27. The van der Waals surface area contributed by atoms with Crippen molar-refractivity contribution < 1.29 is 23.1 Å². The quantitative estimate of drug-likeness (QED) is 0.877. The molecule has 0 saturated heterocycles. The van der Waals surface area contributed by atoms with E-state index in [4.69, 9.17) is 5.11 Å². The first kappa shape index (κ1) is 14.2. The molecule has 0 aliphatic heterocycles. The molecule has 0 radical (unpaired) electrons. The Hall–Kier alpha value is -1.86. The van der Waals surface area contributed by atoms with Crippen molar-refractivity contribution in [2.24, 2.45) is 0 Å². The number of carboxylic acid groups (broad SMARTS) is 1. The summed E-state index contributed by atoms with van der Waals surface area (Å²) in [4.78, 5) is 18.8. The largest absolute Gasteiger partial charge is 0.481 e. The molecule has 0 spiro atoms. The van der Waals surface area contributed by atoms with Gasteiger partial charge in [0.2, 0.25) is 5.95 Å². The van der Waals surface area contributed by atoms with Gasteiger partial charge in [0.1, 0.15) is 5.69 Å². The Bertz CT molecular complexity index is 423. The molecule has 0 saturated carbocycles. The van der Waals surface area contributed by atoms with E-state index in [0.29, 0.717) is 6.42 Å². The topological polar surface area (TPSA) is 66.3 Å². The van der Waals surface area contributed by atoms with Gasteiger partial charge in [0.05, 0.1) is 0 Å². The SMILES string of the molecule is CN(CCCC(=O)O)c1nccc(C(F)(F)F)n1. The molecule has 0 amide bonds. The summed E-state index contributed by atoms with van der Waals surface area (Å²) in [6.07, 6.45) is -3.23. The molecule has 0 bridgehead atoms. The monoisotopic (exact) mass is 263 g/mol. The summed E-state index contributed by atoms with van der Waals surface area (Å²) >= 11 is 0. The molecule has 0 atom stereocenters. The highest BCUT2D eigenvalue weighted by Gasteiger charge is 2.33. The summed E-state index contributed by atoms with van der Waals surface area (Å²) in [7, 11) is 1.51. The van der Waals surface area contributed by atoms with E-state index in [1.807, 2.05) is 0 Å². The number of rotatable bonds is 5. The van der Waals surface area contributed by atoms with E-state index >= 15 is 0 Å². The summed E-state index contributed by atoms with van der Waals surface area (Å²) in [5.74, 6) is -1.02. The lowest BCUT2D eigenvalue weighted by Crippen LogP contribution is -2.23. The maximum atomic E-state index is 12.4. The minimum atomic E-state index is -4.51. The van der Waals surface area contributed by atoms with Gasteiger partial charge in [0, 0.05) is 26.2 Å². The molecule has 0 fully saturated rings. The molecule has 1 heterocycles. The van der Waals surface area contributed by atoms with Crippen molar-refractivity contribution in [1.29, 1.82) is 0 Å². The third-order valence-corrected chi connectivity index (χ3v) is 2.16. The standard InChI is InChI=1S/C10H12F3N3O2/c1-16(6-2-3-8(17)18)9-14-5-4-7(15-9)10(11,12)13/h4-5H,2-3,6H2,1H3,(H,17,18). The summed E-state index contributed by atoms with van der Waals surface area (Å²) in [5.41, 5.74) is -1.02. The number of hydrogen-bond acceptors (Lipinski definition) is 4. The average molecular weight is 263 g/mol. The molecule has 5 nitrogen and oxygen atoms in total. The van der Waals surface area contributed by atoms with Crippen LogP contribution < -0.4 is 4.90 Å². The van der Waals surface area contributed by atoms with Crippen molar-refractivity contribution in [2.75, 3.05) is 18.5 Å². The van der Waals surface area contributed by atoms with Gasteiger partial charge >= 0.3 is 12.1 Å². The molecule has 1 rings (SSSR count). The first-order chi connectivity index (χ1) is 8.30. The molecule has 0 aliphatic rings. The smallest absolute Gasteiger partial charge is 0.433 e. The zero-order valence-corrected chi connectivity index (χ0v) is 9.61. The summed E-state index contributed by atoms with van der Waals surface area (Å²) in [6.45, 7) is 0.271. The average Bonchev–Trinajstić information content (AvgIpc) is 2.27. The number of hydrogen-bond donors (Lipinski definition) is 1. The van der Waals surface area contributed by atoms with Crippen molar-refractivity contribution in [2.45, 2.75) is 19.0 Å². The van der Waals surface area contributed by atoms with Crippen LogP contribution in [0.5, 0.6) is 0 Å². The van der Waals surface area contributed by atoms with Crippen molar-refractivity contribution in [3.63, 3.8) is 0 Å². The molecule has 18 heavy (non-hydrogen) atoms. The van der Waals surface area contributed by atoms with Crippen LogP contribution in [0.15, 0.2) is 12.3 Å². The molecule has 0 aliphatic carbocycles. The van der Waals surface area contributed by atoms with Gasteiger partial charge in [-0.1, -0.05) is 0 Å². The van der Waals surface area contributed by atoms with Gasteiger partial charge in [0.25, 0.3) is 0 Å². The number of carbonyl (C=O) groups is 1. The van der Waals surface area contributed by atoms with Crippen molar-refractivity contribution in [3.8, 4) is 0 Å². The highest BCUT2D eigenvalue weighted by atomic mass is 19.4. The second-order valence-electron chi connectivity index (χ2n) is 3.66. The molecule has 1 aromatic rings. The maximum absolute atomic E-state index is 12.4. The van der Waals surface area contributed by atoms with Gasteiger partial charge < -0.3 is 10.0 Å². The van der Waals surface area contributed by atoms with Crippen LogP contribution in [0.2, 0.25) is 0 Å².